The van der Waals surface area contributed by atoms with Crippen molar-refractivity contribution in [1.82, 2.24) is 0 Å². The van der Waals surface area contributed by atoms with E-state index in [1.807, 2.05) is 0 Å². The van der Waals surface area contributed by atoms with E-state index >= 15 is 0 Å². The van der Waals surface area contributed by atoms with Crippen molar-refractivity contribution in [2.24, 2.45) is 0 Å². The SMILES string of the molecule is C=CCO[C@H]1O[C@H](CO[C@@H]2O[C@@H](C)[C@H](OC(=O)c3ccccc3)[C@@H](OC(=O)c3ccccc3)[C@H]2OC(=O)c2ccccc2)[C@@H](O)[C@H](O[C@@H]2O[C@@H](C)[C@H](OC(=O)c3ccccc3)[C@@H](OC(=O)c3ccccc3)[C@H]2OC(=O)c2ccccc2)[C@H]1OC(=O)c1ccccc1. The highest BCUT2D eigenvalue weighted by atomic mass is 16.8. The van der Waals surface area contributed by atoms with Crippen LogP contribution in [0, 0.1) is 0 Å². The third-order valence-electron chi connectivity index (χ3n) is 14.9. The summed E-state index contributed by atoms with van der Waals surface area (Å²) < 4.78 is 82.1. The second kappa shape index (κ2) is 30.7. The van der Waals surface area contributed by atoms with Gasteiger partial charge in [-0.2, -0.15) is 0 Å². The first kappa shape index (κ1) is 64.3. The first-order valence-electron chi connectivity index (χ1n) is 29.2. The van der Waals surface area contributed by atoms with Crippen molar-refractivity contribution in [3.63, 3.8) is 0 Å². The summed E-state index contributed by atoms with van der Waals surface area (Å²) in [6.07, 6.45) is -23.6. The third kappa shape index (κ3) is 16.0. The fourth-order valence-electron chi connectivity index (χ4n) is 10.3. The quantitative estimate of drug-likeness (QED) is 0.0378. The number of aliphatic hydroxyl groups excluding tert-OH is 1. The Hall–Kier alpha value is -9.71. The Morgan fingerprint density at radius 2 is 0.604 bits per heavy atom. The molecule has 0 saturated carbocycles. The number of carbonyl (C=O) groups is 7. The molecule has 3 aliphatic rings. The van der Waals surface area contributed by atoms with Crippen LogP contribution in [-0.2, 0) is 61.6 Å². The number of carbonyl (C=O) groups excluding carboxylic acids is 7. The van der Waals surface area contributed by atoms with Crippen molar-refractivity contribution in [3.05, 3.63) is 264 Å². The molecule has 21 heteroatoms. The van der Waals surface area contributed by atoms with Gasteiger partial charge in [0.2, 0.25) is 0 Å². The predicted molar refractivity (Wildman–Crippen MR) is 320 cm³/mol. The average molecular weight is 1240 g/mol. The van der Waals surface area contributed by atoms with E-state index in [1.54, 1.807) is 127 Å². The molecule has 10 rings (SSSR count). The van der Waals surface area contributed by atoms with Gasteiger partial charge < -0.3 is 66.7 Å². The smallest absolute Gasteiger partial charge is 0.338 e. The Morgan fingerprint density at radius 1 is 0.352 bits per heavy atom. The average Bonchev–Trinajstić information content (AvgIpc) is 0.949. The van der Waals surface area contributed by atoms with Gasteiger partial charge in [-0.1, -0.05) is 133 Å². The molecule has 0 bridgehead atoms. The minimum absolute atomic E-state index is 0.0338. The van der Waals surface area contributed by atoms with Crippen LogP contribution in [0.15, 0.2) is 225 Å². The Kier molecular flexibility index (Phi) is 21.7. The first-order valence-corrected chi connectivity index (χ1v) is 29.2. The Bertz CT molecular complexity index is 3570. The molecule has 470 valence electrons. The molecule has 3 fully saturated rings. The van der Waals surface area contributed by atoms with Gasteiger partial charge in [0.1, 0.15) is 18.3 Å². The molecular weight excluding hydrogens is 1180 g/mol. The molecule has 0 amide bonds. The fourth-order valence-corrected chi connectivity index (χ4v) is 10.3. The molecule has 0 aliphatic carbocycles. The van der Waals surface area contributed by atoms with Crippen molar-refractivity contribution in [2.75, 3.05) is 13.2 Å². The van der Waals surface area contributed by atoms with Crippen LogP contribution in [-0.4, -0.2) is 152 Å². The van der Waals surface area contributed by atoms with Gasteiger partial charge in [-0.15, -0.1) is 6.58 Å². The number of hydrogen-bond acceptors (Lipinski definition) is 21. The lowest BCUT2D eigenvalue weighted by Gasteiger charge is -2.48. The molecule has 91 heavy (non-hydrogen) atoms. The summed E-state index contributed by atoms with van der Waals surface area (Å²) in [5.41, 5.74) is 0.587. The summed E-state index contributed by atoms with van der Waals surface area (Å²) >= 11 is 0. The molecule has 3 aliphatic heterocycles. The largest absolute Gasteiger partial charge is 0.452 e. The molecule has 0 spiro atoms. The summed E-state index contributed by atoms with van der Waals surface area (Å²) in [6.45, 7) is 5.81. The van der Waals surface area contributed by atoms with Gasteiger partial charge in [-0.25, -0.2) is 33.6 Å². The maximum atomic E-state index is 14.4. The zero-order valence-electron chi connectivity index (χ0n) is 49.2. The molecular formula is C70H64O21. The van der Waals surface area contributed by atoms with E-state index in [4.69, 9.17) is 61.6 Å². The summed E-state index contributed by atoms with van der Waals surface area (Å²) in [6, 6.07) is 55.1. The molecule has 0 unspecified atom stereocenters. The highest BCUT2D eigenvalue weighted by molar-refractivity contribution is 5.93. The monoisotopic (exact) mass is 1240 g/mol. The van der Waals surface area contributed by atoms with Gasteiger partial charge in [0.05, 0.1) is 64.4 Å². The van der Waals surface area contributed by atoms with E-state index in [0.29, 0.717) is 0 Å². The molecule has 7 aromatic carbocycles. The number of ether oxygens (including phenoxy) is 13. The van der Waals surface area contributed by atoms with Crippen LogP contribution in [0.3, 0.4) is 0 Å². The topological polar surface area (TPSA) is 260 Å². The maximum absolute atomic E-state index is 14.4. The Morgan fingerprint density at radius 3 is 0.912 bits per heavy atom. The normalized spacial score (nSPS) is 26.1. The van der Waals surface area contributed by atoms with Crippen LogP contribution >= 0.6 is 0 Å². The van der Waals surface area contributed by atoms with E-state index in [2.05, 4.69) is 6.58 Å². The number of benzene rings is 7. The molecule has 1 N–H and O–H groups in total. The fraction of sp³-hybridized carbons (Fsp3) is 0.271. The van der Waals surface area contributed by atoms with Crippen LogP contribution < -0.4 is 0 Å². The number of hydrogen-bond donors (Lipinski definition) is 1. The van der Waals surface area contributed by atoms with Gasteiger partial charge in [0, 0.05) is 0 Å². The minimum atomic E-state index is -1.99. The highest BCUT2D eigenvalue weighted by Gasteiger charge is 2.58. The van der Waals surface area contributed by atoms with Gasteiger partial charge in [-0.05, 0) is 98.8 Å². The second-order valence-electron chi connectivity index (χ2n) is 21.2. The van der Waals surface area contributed by atoms with E-state index in [0.717, 1.165) is 0 Å². The summed E-state index contributed by atoms with van der Waals surface area (Å²) in [5.74, 6) is -6.35. The highest BCUT2D eigenvalue weighted by Crippen LogP contribution is 2.37. The molecule has 3 saturated heterocycles. The van der Waals surface area contributed by atoms with Gasteiger partial charge in [-0.3, -0.25) is 0 Å². The lowest BCUT2D eigenvalue weighted by Crippen LogP contribution is -2.66. The van der Waals surface area contributed by atoms with Crippen molar-refractivity contribution in [2.45, 2.75) is 106 Å². The molecule has 3 heterocycles. The van der Waals surface area contributed by atoms with E-state index in [-0.39, 0.29) is 45.6 Å². The number of aliphatic hydroxyl groups is 1. The molecule has 15 atom stereocenters. The summed E-state index contributed by atoms with van der Waals surface area (Å²) in [5, 5.41) is 12.9. The van der Waals surface area contributed by atoms with Crippen molar-refractivity contribution < 1.29 is 100 Å². The molecule has 7 aromatic rings. The van der Waals surface area contributed by atoms with Gasteiger partial charge in [0.15, 0.2) is 61.6 Å². The Labute approximate surface area is 523 Å². The van der Waals surface area contributed by atoms with Crippen LogP contribution in [0.25, 0.3) is 0 Å². The molecule has 0 radical (unpaired) electrons. The molecule has 0 aromatic heterocycles. The van der Waals surface area contributed by atoms with Crippen LogP contribution in [0.5, 0.6) is 0 Å². The van der Waals surface area contributed by atoms with Gasteiger partial charge in [0.25, 0.3) is 0 Å². The van der Waals surface area contributed by atoms with E-state index in [1.165, 1.54) is 105 Å². The van der Waals surface area contributed by atoms with Crippen LogP contribution in [0.1, 0.15) is 86.4 Å². The zero-order chi connectivity index (χ0) is 63.8. The molecule has 21 nitrogen and oxygen atoms in total. The number of esters is 7. The van der Waals surface area contributed by atoms with E-state index in [9.17, 15) is 38.7 Å². The van der Waals surface area contributed by atoms with E-state index < -0.39 is 141 Å². The third-order valence-corrected chi connectivity index (χ3v) is 14.9. The zero-order valence-corrected chi connectivity index (χ0v) is 49.2. The van der Waals surface area contributed by atoms with Crippen molar-refractivity contribution in [1.29, 1.82) is 0 Å². The first-order chi connectivity index (χ1) is 44.2. The van der Waals surface area contributed by atoms with Gasteiger partial charge >= 0.3 is 41.8 Å². The summed E-state index contributed by atoms with van der Waals surface area (Å²) in [7, 11) is 0. The standard InChI is InChI=1S/C70H64O21/c1-4-40-79-68-58(88-65(76)48-34-20-9-21-35-48)55(91-70-60(90-67(78)50-38-24-11-25-39-50)57(87-64(75)47-32-18-8-19-33-47)54(43(3)82-70)85-62(73)45-28-14-6-15-29-45)52(71)51(83-68)41-80-69-59(89-66(77)49-36-22-10-23-37-49)56(86-63(74)46-30-16-7-17-31-46)53(42(2)81-69)84-61(72)44-26-12-5-13-27-44/h4-39,42-43,51-60,68-71H,1,40-41H2,2-3H3/t42-,43-,51+,52+,53-,54-,55-,56+,57+,58+,59+,60+,68-,69+,70-/m0/s1. The Balaban J connectivity index is 1.03. The minimum Gasteiger partial charge on any atom is -0.452 e. The predicted octanol–water partition coefficient (Wildman–Crippen LogP) is 8.75. The summed E-state index contributed by atoms with van der Waals surface area (Å²) in [4.78, 5) is 99.1. The van der Waals surface area contributed by atoms with Crippen molar-refractivity contribution in [3.8, 4) is 0 Å². The maximum Gasteiger partial charge on any atom is 0.338 e. The number of rotatable bonds is 22. The lowest BCUT2D eigenvalue weighted by molar-refractivity contribution is -0.360. The lowest BCUT2D eigenvalue weighted by atomic mass is 9.96. The van der Waals surface area contributed by atoms with Crippen molar-refractivity contribution >= 4 is 41.8 Å². The second-order valence-corrected chi connectivity index (χ2v) is 21.2. The van der Waals surface area contributed by atoms with Crippen LogP contribution in [0.4, 0.5) is 0 Å². The van der Waals surface area contributed by atoms with Crippen LogP contribution in [0.2, 0.25) is 0 Å².